The van der Waals surface area contributed by atoms with Crippen LogP contribution in [0.5, 0.6) is 0 Å². The van der Waals surface area contributed by atoms with Gasteiger partial charge in [-0.25, -0.2) is 9.13 Å². The maximum absolute atomic E-state index is 13.1. The normalized spacial score (nSPS) is 14.3. The van der Waals surface area contributed by atoms with Gasteiger partial charge in [0.25, 0.3) is 0 Å². The molecule has 3 unspecified atom stereocenters. The maximum Gasteiger partial charge on any atom is 0.472 e. The quantitative estimate of drug-likeness (QED) is 0.0222. The van der Waals surface area contributed by atoms with Crippen molar-refractivity contribution in [2.75, 3.05) is 39.6 Å². The summed E-state index contributed by atoms with van der Waals surface area (Å²) in [5, 5.41) is 10.6. The van der Waals surface area contributed by atoms with Crippen LogP contribution in [0.4, 0.5) is 0 Å². The molecule has 0 aliphatic heterocycles. The minimum absolute atomic E-state index is 0.107. The van der Waals surface area contributed by atoms with Gasteiger partial charge in [0.15, 0.2) is 12.2 Å². The summed E-state index contributed by atoms with van der Waals surface area (Å²) in [7, 11) is -9.91. The van der Waals surface area contributed by atoms with Gasteiger partial charge >= 0.3 is 39.5 Å². The number of aliphatic hydroxyl groups excluding tert-OH is 1. The van der Waals surface area contributed by atoms with Gasteiger partial charge in [0, 0.05) is 25.7 Å². The Kier molecular flexibility index (Phi) is 65.5. The average Bonchev–Trinajstić information content (AvgIpc) is 1.30. The summed E-state index contributed by atoms with van der Waals surface area (Å²) in [6.45, 7) is 9.64. The average molecular weight is 1380 g/mol. The van der Waals surface area contributed by atoms with Crippen molar-refractivity contribution >= 4 is 39.5 Å². The van der Waals surface area contributed by atoms with Crippen LogP contribution in [0.2, 0.25) is 0 Å². The second kappa shape index (κ2) is 66.9. The monoisotopic (exact) mass is 1380 g/mol. The van der Waals surface area contributed by atoms with Crippen LogP contribution >= 0.6 is 15.6 Å². The zero-order chi connectivity index (χ0) is 69.3. The predicted octanol–water partition coefficient (Wildman–Crippen LogP) is 21.9. The molecule has 94 heavy (non-hydrogen) atoms. The number of carbonyl (C=O) groups excluding carboxylic acids is 4. The number of rotatable bonds is 74. The van der Waals surface area contributed by atoms with E-state index in [2.05, 4.69) is 41.5 Å². The molecule has 0 aliphatic rings. The topological polar surface area (TPSA) is 237 Å². The van der Waals surface area contributed by atoms with Crippen LogP contribution in [-0.2, 0) is 65.4 Å². The van der Waals surface area contributed by atoms with Gasteiger partial charge < -0.3 is 33.8 Å². The molecular weight excluding hydrogens is 1230 g/mol. The number of phosphoric acid groups is 2. The zero-order valence-corrected chi connectivity index (χ0v) is 63.1. The van der Waals surface area contributed by atoms with Crippen molar-refractivity contribution in [3.8, 4) is 0 Å². The van der Waals surface area contributed by atoms with Crippen molar-refractivity contribution in [3.63, 3.8) is 0 Å². The lowest BCUT2D eigenvalue weighted by atomic mass is 9.99. The first-order valence-electron chi connectivity index (χ1n) is 39.0. The van der Waals surface area contributed by atoms with E-state index >= 15 is 0 Å². The summed E-state index contributed by atoms with van der Waals surface area (Å²) in [6, 6.07) is 0. The molecule has 0 rings (SSSR count). The van der Waals surface area contributed by atoms with E-state index in [0.29, 0.717) is 25.7 Å². The van der Waals surface area contributed by atoms with Gasteiger partial charge in [-0.05, 0) is 37.5 Å². The third kappa shape index (κ3) is 67.3. The SMILES string of the molecule is CCCCCCCCCCCCCC(=O)OC[C@H](COP(=O)(O)OC[C@H](O)COP(=O)(O)OC[C@@H](COC(=O)CCCCCCCCCCCCC(C)CC)OC(=O)CCCCCCCCCCCCCCCCCC(C)C)OC(=O)CCCCCCCCCCCCC. The molecule has 558 valence electrons. The van der Waals surface area contributed by atoms with E-state index in [1.807, 2.05) is 0 Å². The molecule has 0 aromatic rings. The van der Waals surface area contributed by atoms with E-state index < -0.39 is 97.5 Å². The molecule has 0 amide bonds. The van der Waals surface area contributed by atoms with Crippen LogP contribution in [0.3, 0.4) is 0 Å². The number of carbonyl (C=O) groups is 4. The van der Waals surface area contributed by atoms with Gasteiger partial charge in [-0.1, -0.05) is 337 Å². The third-order valence-corrected chi connectivity index (χ3v) is 19.7. The van der Waals surface area contributed by atoms with Gasteiger partial charge in [-0.15, -0.1) is 0 Å². The first-order chi connectivity index (χ1) is 45.4. The van der Waals surface area contributed by atoms with Gasteiger partial charge in [0.1, 0.15) is 19.3 Å². The highest BCUT2D eigenvalue weighted by atomic mass is 31.2. The molecule has 17 nitrogen and oxygen atoms in total. The van der Waals surface area contributed by atoms with Crippen molar-refractivity contribution in [3.05, 3.63) is 0 Å². The molecule has 0 bridgehead atoms. The molecule has 0 fully saturated rings. The van der Waals surface area contributed by atoms with Gasteiger partial charge in [-0.2, -0.15) is 0 Å². The Hall–Kier alpha value is -1.94. The molecule has 0 spiro atoms. The molecule has 0 aromatic carbocycles. The lowest BCUT2D eigenvalue weighted by Gasteiger charge is -2.21. The molecule has 3 N–H and O–H groups in total. The maximum atomic E-state index is 13.1. The lowest BCUT2D eigenvalue weighted by molar-refractivity contribution is -0.161. The fraction of sp³-hybridized carbons (Fsp3) is 0.947. The van der Waals surface area contributed by atoms with E-state index in [1.54, 1.807) is 0 Å². The van der Waals surface area contributed by atoms with Crippen molar-refractivity contribution in [1.82, 2.24) is 0 Å². The number of phosphoric ester groups is 2. The van der Waals surface area contributed by atoms with E-state index in [-0.39, 0.29) is 25.7 Å². The molecule has 19 heteroatoms. The zero-order valence-electron chi connectivity index (χ0n) is 61.3. The predicted molar refractivity (Wildman–Crippen MR) is 381 cm³/mol. The fourth-order valence-electron chi connectivity index (χ4n) is 11.4. The number of ether oxygens (including phenoxy) is 4. The standard InChI is InChI=1S/C75H146O17P2/c1-7-10-12-14-16-18-25-33-39-45-51-57-72(77)85-63-70(91-74(79)59-53-47-41-35-26-19-17-15-13-11-8-2)65-89-93(81,82)87-61-69(76)62-88-94(83,84)90-66-71(64-86-73(78)58-52-46-40-34-30-29-32-38-44-50-56-68(6)9-3)92-75(80)60-54-48-42-36-28-24-22-20-21-23-27-31-37-43-49-55-67(4)5/h67-71,76H,7-66H2,1-6H3,(H,81,82)(H,83,84)/t68?,69-,70+,71+/m0/s1. The second-order valence-electron chi connectivity index (χ2n) is 27.8. The van der Waals surface area contributed by atoms with E-state index in [1.165, 1.54) is 205 Å². The summed E-state index contributed by atoms with van der Waals surface area (Å²) in [4.78, 5) is 72.8. The van der Waals surface area contributed by atoms with Gasteiger partial charge in [0.05, 0.1) is 26.4 Å². The summed E-state index contributed by atoms with van der Waals surface area (Å²) < 4.78 is 68.5. The molecular formula is C75H146O17P2. The smallest absolute Gasteiger partial charge is 0.462 e. The Morgan fingerprint density at radius 3 is 0.809 bits per heavy atom. The number of hydrogen-bond acceptors (Lipinski definition) is 15. The molecule has 0 radical (unpaired) electrons. The third-order valence-electron chi connectivity index (χ3n) is 17.8. The van der Waals surface area contributed by atoms with Crippen LogP contribution in [-0.4, -0.2) is 96.7 Å². The molecule has 0 aromatic heterocycles. The van der Waals surface area contributed by atoms with Gasteiger partial charge in [-0.3, -0.25) is 37.3 Å². The Morgan fingerprint density at radius 2 is 0.543 bits per heavy atom. The molecule has 0 aliphatic carbocycles. The fourth-order valence-corrected chi connectivity index (χ4v) is 13.0. The van der Waals surface area contributed by atoms with E-state index in [0.717, 1.165) is 102 Å². The molecule has 6 atom stereocenters. The van der Waals surface area contributed by atoms with Crippen LogP contribution in [0, 0.1) is 11.8 Å². The molecule has 0 saturated carbocycles. The summed E-state index contributed by atoms with van der Waals surface area (Å²) in [5.41, 5.74) is 0. The Labute approximate surface area is 575 Å². The summed E-state index contributed by atoms with van der Waals surface area (Å²) in [6.07, 6.45) is 53.9. The van der Waals surface area contributed by atoms with Gasteiger partial charge in [0.2, 0.25) is 0 Å². The largest absolute Gasteiger partial charge is 0.472 e. The molecule has 0 saturated heterocycles. The number of unbranched alkanes of at least 4 members (excludes halogenated alkanes) is 43. The van der Waals surface area contributed by atoms with Crippen molar-refractivity contribution in [1.29, 1.82) is 0 Å². The number of hydrogen-bond donors (Lipinski definition) is 3. The highest BCUT2D eigenvalue weighted by molar-refractivity contribution is 7.47. The van der Waals surface area contributed by atoms with Crippen LogP contribution in [0.1, 0.15) is 388 Å². The highest BCUT2D eigenvalue weighted by Gasteiger charge is 2.30. The lowest BCUT2D eigenvalue weighted by Crippen LogP contribution is -2.30. The van der Waals surface area contributed by atoms with Crippen LogP contribution in [0.15, 0.2) is 0 Å². The summed E-state index contributed by atoms with van der Waals surface area (Å²) in [5.74, 6) is -0.503. The van der Waals surface area contributed by atoms with Crippen LogP contribution < -0.4 is 0 Å². The summed E-state index contributed by atoms with van der Waals surface area (Å²) >= 11 is 0. The Morgan fingerprint density at radius 1 is 0.309 bits per heavy atom. The number of esters is 4. The molecule has 0 heterocycles. The Balaban J connectivity index is 5.24. The highest BCUT2D eigenvalue weighted by Crippen LogP contribution is 2.45. The van der Waals surface area contributed by atoms with Crippen molar-refractivity contribution in [2.45, 2.75) is 407 Å². The Bertz CT molecular complexity index is 1820. The minimum atomic E-state index is -4.96. The minimum Gasteiger partial charge on any atom is -0.462 e. The van der Waals surface area contributed by atoms with Crippen LogP contribution in [0.25, 0.3) is 0 Å². The van der Waals surface area contributed by atoms with Crippen molar-refractivity contribution < 1.29 is 80.2 Å². The van der Waals surface area contributed by atoms with Crippen molar-refractivity contribution in [2.24, 2.45) is 11.8 Å². The number of aliphatic hydroxyl groups is 1. The first kappa shape index (κ1) is 92.1. The van der Waals surface area contributed by atoms with E-state index in [4.69, 9.17) is 37.0 Å². The first-order valence-corrected chi connectivity index (χ1v) is 42.0. The second-order valence-corrected chi connectivity index (χ2v) is 30.7. The van der Waals surface area contributed by atoms with E-state index in [9.17, 15) is 43.2 Å².